The lowest BCUT2D eigenvalue weighted by molar-refractivity contribution is -0.0195. The van der Waals surface area contributed by atoms with E-state index in [1.807, 2.05) is 12.2 Å². The highest BCUT2D eigenvalue weighted by molar-refractivity contribution is 6.88. The molecule has 1 unspecified atom stereocenters. The smallest absolute Gasteiger partial charge is 0.269 e. The fraction of sp³-hybridized carbons (Fsp3) is 0.532. The van der Waals surface area contributed by atoms with E-state index in [0.717, 1.165) is 56.7 Å². The molecule has 5 heteroatoms. The summed E-state index contributed by atoms with van der Waals surface area (Å²) >= 11 is 0. The van der Waals surface area contributed by atoms with Gasteiger partial charge in [0.2, 0.25) is 0 Å². The number of hydrogen-bond acceptors (Lipinski definition) is 3. The van der Waals surface area contributed by atoms with Gasteiger partial charge in [0.25, 0.3) is 5.70 Å². The van der Waals surface area contributed by atoms with E-state index < -0.39 is 8.07 Å². The van der Waals surface area contributed by atoms with Gasteiger partial charge >= 0.3 is 0 Å². The van der Waals surface area contributed by atoms with E-state index in [2.05, 4.69) is 112 Å². The Morgan fingerprint density at radius 3 is 2.21 bits per heavy atom. The summed E-state index contributed by atoms with van der Waals surface area (Å²) in [6.45, 7) is 26.8. The molecule has 3 aliphatic carbocycles. The quantitative estimate of drug-likeness (QED) is 0.113. The van der Waals surface area contributed by atoms with Crippen molar-refractivity contribution in [2.24, 2.45) is 10.8 Å². The molecule has 3 fully saturated rings. The standard InChI is InChI=1S/C47H59N3OSi/c1-9-10-11-18-46-19-22-47(23-20-46,24-21-46)42-32-35(41(33-48)49-5)31-37(51-42)15-12-34-29-39-43-40(30-34)45(4,26-28-50(43)27-25-44(39,2)3)36-13-16-38(17-14-36)52(6,7)8/h12-17,29-32H,9-11,18-28H2,1-4,6-8H3/b15-12+,41-35+. The number of ether oxygens (including phenoxy) is 1. The van der Waals surface area contributed by atoms with Crippen molar-refractivity contribution in [3.8, 4) is 6.07 Å². The number of benzene rings is 2. The second-order valence-corrected chi connectivity index (χ2v) is 23.8. The minimum atomic E-state index is -1.40. The van der Waals surface area contributed by atoms with E-state index in [1.54, 1.807) is 0 Å². The lowest BCUT2D eigenvalue weighted by Gasteiger charge is -2.54. The van der Waals surface area contributed by atoms with Crippen LogP contribution in [-0.4, -0.2) is 21.2 Å². The minimum absolute atomic E-state index is 0.00991. The number of allylic oxidation sites excluding steroid dienone is 6. The number of fused-ring (bicyclic) bond motifs is 3. The van der Waals surface area contributed by atoms with Crippen LogP contribution in [0.15, 0.2) is 77.4 Å². The molecule has 52 heavy (non-hydrogen) atoms. The predicted octanol–water partition coefficient (Wildman–Crippen LogP) is 11.9. The first-order valence-electron chi connectivity index (χ1n) is 20.1. The van der Waals surface area contributed by atoms with Crippen molar-refractivity contribution >= 4 is 25.0 Å². The molecule has 0 spiro atoms. The van der Waals surface area contributed by atoms with Crippen LogP contribution in [0.1, 0.15) is 127 Å². The number of hydrogen-bond donors (Lipinski definition) is 0. The molecule has 0 saturated heterocycles. The van der Waals surface area contributed by atoms with Gasteiger partial charge in [-0.3, -0.25) is 0 Å². The Bertz CT molecular complexity index is 1900. The van der Waals surface area contributed by atoms with Crippen molar-refractivity contribution in [3.05, 3.63) is 111 Å². The molecule has 0 aromatic heterocycles. The first-order valence-corrected chi connectivity index (χ1v) is 23.6. The summed E-state index contributed by atoms with van der Waals surface area (Å²) in [5, 5.41) is 11.4. The third-order valence-corrected chi connectivity index (χ3v) is 16.1. The van der Waals surface area contributed by atoms with Crippen LogP contribution in [0.4, 0.5) is 5.69 Å². The Morgan fingerprint density at radius 1 is 0.904 bits per heavy atom. The lowest BCUT2D eigenvalue weighted by atomic mass is 9.52. The zero-order chi connectivity index (χ0) is 36.9. The Hall–Kier alpha value is -3.80. The molecule has 8 rings (SSSR count). The molecule has 4 nitrogen and oxygen atoms in total. The Morgan fingerprint density at radius 2 is 1.58 bits per heavy atom. The van der Waals surface area contributed by atoms with Crippen molar-refractivity contribution in [1.29, 1.82) is 5.26 Å². The largest absolute Gasteiger partial charge is 0.461 e. The van der Waals surface area contributed by atoms with E-state index in [4.69, 9.17) is 11.3 Å². The molecule has 0 amide bonds. The third-order valence-electron chi connectivity index (χ3n) is 14.0. The third kappa shape index (κ3) is 6.53. The van der Waals surface area contributed by atoms with Crippen LogP contribution >= 0.6 is 0 Å². The van der Waals surface area contributed by atoms with E-state index in [-0.39, 0.29) is 21.9 Å². The van der Waals surface area contributed by atoms with Crippen LogP contribution in [0.5, 0.6) is 0 Å². The molecule has 272 valence electrons. The van der Waals surface area contributed by atoms with Crippen LogP contribution in [0.3, 0.4) is 0 Å². The van der Waals surface area contributed by atoms with Crippen LogP contribution in [0.2, 0.25) is 19.6 Å². The summed E-state index contributed by atoms with van der Waals surface area (Å²) in [4.78, 5) is 6.28. The van der Waals surface area contributed by atoms with E-state index in [1.165, 1.54) is 78.1 Å². The lowest BCUT2D eigenvalue weighted by Crippen LogP contribution is -2.46. The zero-order valence-corrected chi connectivity index (χ0v) is 33.9. The normalized spacial score (nSPS) is 28.7. The van der Waals surface area contributed by atoms with Crippen LogP contribution in [0.25, 0.3) is 10.9 Å². The van der Waals surface area contributed by atoms with Crippen molar-refractivity contribution in [2.45, 2.75) is 135 Å². The molecule has 3 aliphatic heterocycles. The number of nitriles is 1. The molecule has 0 radical (unpaired) electrons. The number of nitrogens with zero attached hydrogens (tertiary/aromatic N) is 3. The van der Waals surface area contributed by atoms with Crippen molar-refractivity contribution in [1.82, 2.24) is 0 Å². The average molecular weight is 710 g/mol. The summed E-state index contributed by atoms with van der Waals surface area (Å²) < 4.78 is 6.84. The van der Waals surface area contributed by atoms with Gasteiger partial charge in [-0.2, -0.15) is 0 Å². The maximum absolute atomic E-state index is 9.94. The maximum Gasteiger partial charge on any atom is 0.269 e. The van der Waals surface area contributed by atoms with Crippen molar-refractivity contribution in [2.75, 3.05) is 18.0 Å². The predicted molar refractivity (Wildman–Crippen MR) is 219 cm³/mol. The fourth-order valence-corrected chi connectivity index (χ4v) is 11.3. The van der Waals surface area contributed by atoms with E-state index >= 15 is 0 Å². The molecule has 1 atom stereocenters. The molecular weight excluding hydrogens is 651 g/mol. The monoisotopic (exact) mass is 709 g/mol. The summed E-state index contributed by atoms with van der Waals surface area (Å²) in [5.74, 6) is 1.69. The number of unbranched alkanes of at least 4 members (excludes halogenated alkanes) is 2. The first kappa shape index (κ1) is 36.6. The van der Waals surface area contributed by atoms with Gasteiger partial charge in [-0.15, -0.1) is 0 Å². The van der Waals surface area contributed by atoms with Crippen LogP contribution in [0, 0.1) is 28.7 Å². The Labute approximate surface area is 315 Å². The molecule has 2 aromatic carbocycles. The minimum Gasteiger partial charge on any atom is -0.461 e. The van der Waals surface area contributed by atoms with Gasteiger partial charge < -0.3 is 9.64 Å². The first-order chi connectivity index (χ1) is 24.7. The summed E-state index contributed by atoms with van der Waals surface area (Å²) in [7, 11) is -1.40. The number of anilines is 1. The van der Waals surface area contributed by atoms with Gasteiger partial charge in [-0.1, -0.05) is 102 Å². The molecule has 3 saturated carbocycles. The highest BCUT2D eigenvalue weighted by atomic mass is 28.3. The van der Waals surface area contributed by atoms with Gasteiger partial charge in [0, 0.05) is 29.6 Å². The fourth-order valence-electron chi connectivity index (χ4n) is 10.1. The molecule has 0 N–H and O–H groups in total. The van der Waals surface area contributed by atoms with Gasteiger partial charge in [-0.05, 0) is 127 Å². The van der Waals surface area contributed by atoms with Gasteiger partial charge in [0.05, 0.1) is 20.7 Å². The van der Waals surface area contributed by atoms with Crippen molar-refractivity contribution in [3.63, 3.8) is 0 Å². The summed E-state index contributed by atoms with van der Waals surface area (Å²) in [5.41, 5.74) is 8.18. The Balaban J connectivity index is 1.24. The van der Waals surface area contributed by atoms with Crippen LogP contribution < -0.4 is 10.1 Å². The van der Waals surface area contributed by atoms with Crippen LogP contribution in [-0.2, 0) is 15.6 Å². The molecule has 3 heterocycles. The maximum atomic E-state index is 9.94. The second-order valence-electron chi connectivity index (χ2n) is 18.8. The highest BCUT2D eigenvalue weighted by Crippen LogP contribution is 2.62. The number of rotatable bonds is 9. The highest BCUT2D eigenvalue weighted by Gasteiger charge is 2.51. The average Bonchev–Trinajstić information content (AvgIpc) is 3.14. The molecule has 2 bridgehead atoms. The SMILES string of the molecule is [C-]#[N+]/C(C#N)=C1C=C(/C=C/c2cc3c4c(c2)C(C)(c2ccc([Si](C)(C)C)cc2)CCN4CCC3(C)C)OC(C23CCC(CCCCC)(CC2)CC3)=C\1. The molecular formula is C47H59N3OSi. The summed E-state index contributed by atoms with van der Waals surface area (Å²) in [6, 6.07) is 16.6. The van der Waals surface area contributed by atoms with Gasteiger partial charge in [0.1, 0.15) is 11.5 Å². The van der Waals surface area contributed by atoms with E-state index in [9.17, 15) is 5.26 Å². The van der Waals surface area contributed by atoms with Crippen molar-refractivity contribution < 1.29 is 4.74 Å². The second kappa shape index (κ2) is 13.6. The van der Waals surface area contributed by atoms with E-state index in [0.29, 0.717) is 11.0 Å². The molecule has 6 aliphatic rings. The topological polar surface area (TPSA) is 40.6 Å². The molecule has 2 aromatic rings. The van der Waals surface area contributed by atoms with Gasteiger partial charge in [0.15, 0.2) is 0 Å². The zero-order valence-electron chi connectivity index (χ0n) is 32.9. The summed E-state index contributed by atoms with van der Waals surface area (Å²) in [6.07, 6.45) is 22.9. The van der Waals surface area contributed by atoms with Gasteiger partial charge in [-0.25, -0.2) is 10.1 Å². The Kier molecular flexibility index (Phi) is 9.53.